The maximum Gasteiger partial charge on any atom is 0.182 e. The monoisotopic (exact) mass is 289 g/mol. The fraction of sp³-hybridized carbons (Fsp3) is 0.250. The molecule has 2 aromatic carbocycles. The van der Waals surface area contributed by atoms with Crippen molar-refractivity contribution in [1.82, 2.24) is 0 Å². The van der Waals surface area contributed by atoms with Crippen LogP contribution in [0.5, 0.6) is 0 Å². The normalized spacial score (nSPS) is 11.8. The summed E-state index contributed by atoms with van der Waals surface area (Å²) in [7, 11) is -3.33. The molecule has 0 spiro atoms. The summed E-state index contributed by atoms with van der Waals surface area (Å²) in [5.74, 6) is 0.361. The number of benzene rings is 2. The Morgan fingerprint density at radius 2 is 1.70 bits per heavy atom. The van der Waals surface area contributed by atoms with E-state index >= 15 is 0 Å². The smallest absolute Gasteiger partial charge is 0.182 e. The predicted molar refractivity (Wildman–Crippen MR) is 82.3 cm³/mol. The Morgan fingerprint density at radius 1 is 1.05 bits per heavy atom. The van der Waals surface area contributed by atoms with Crippen LogP contribution < -0.4 is 5.73 Å². The Bertz CT molecular complexity index is 689. The van der Waals surface area contributed by atoms with Gasteiger partial charge in [0.2, 0.25) is 0 Å². The van der Waals surface area contributed by atoms with E-state index in [0.29, 0.717) is 22.1 Å². The zero-order valence-corrected chi connectivity index (χ0v) is 12.5. The molecule has 0 unspecified atom stereocenters. The number of sulfone groups is 1. The molecule has 0 aliphatic heterocycles. The first kappa shape index (κ1) is 14.6. The number of anilines is 1. The predicted octanol–water partition coefficient (Wildman–Crippen LogP) is 3.37. The summed E-state index contributed by atoms with van der Waals surface area (Å²) >= 11 is 0. The molecule has 0 amide bonds. The van der Waals surface area contributed by atoms with E-state index < -0.39 is 9.84 Å². The van der Waals surface area contributed by atoms with E-state index in [4.69, 9.17) is 5.73 Å². The highest BCUT2D eigenvalue weighted by atomic mass is 32.2. The molecule has 4 heteroatoms. The zero-order chi connectivity index (χ0) is 14.8. The van der Waals surface area contributed by atoms with Crippen molar-refractivity contribution in [3.05, 3.63) is 59.7 Å². The lowest BCUT2D eigenvalue weighted by Crippen LogP contribution is -2.05. The van der Waals surface area contributed by atoms with Gasteiger partial charge in [-0.3, -0.25) is 0 Å². The standard InChI is InChI=1S/C16H19NO2S/c1-12(2)14-6-8-16(9-7-14)20(18,19)11-13-4-3-5-15(17)10-13/h3-10,12H,11,17H2,1-2H3. The molecule has 2 N–H and O–H groups in total. The Morgan fingerprint density at radius 3 is 2.25 bits per heavy atom. The molecule has 0 radical (unpaired) electrons. The van der Waals surface area contributed by atoms with Crippen molar-refractivity contribution in [2.75, 3.05) is 5.73 Å². The van der Waals surface area contributed by atoms with Crippen LogP contribution >= 0.6 is 0 Å². The molecule has 0 aliphatic carbocycles. The van der Waals surface area contributed by atoms with Crippen LogP contribution in [-0.4, -0.2) is 8.42 Å². The highest BCUT2D eigenvalue weighted by Crippen LogP contribution is 2.21. The lowest BCUT2D eigenvalue weighted by Gasteiger charge is -2.08. The first-order valence-electron chi connectivity index (χ1n) is 6.55. The third-order valence-electron chi connectivity index (χ3n) is 3.21. The van der Waals surface area contributed by atoms with Gasteiger partial charge in [-0.2, -0.15) is 0 Å². The second-order valence-electron chi connectivity index (χ2n) is 5.23. The van der Waals surface area contributed by atoms with E-state index in [9.17, 15) is 8.42 Å². The highest BCUT2D eigenvalue weighted by Gasteiger charge is 2.15. The maximum absolute atomic E-state index is 12.4. The van der Waals surface area contributed by atoms with Gasteiger partial charge in [0.05, 0.1) is 10.6 Å². The van der Waals surface area contributed by atoms with Crippen molar-refractivity contribution in [2.45, 2.75) is 30.4 Å². The quantitative estimate of drug-likeness (QED) is 0.878. The minimum Gasteiger partial charge on any atom is -0.399 e. The molecule has 0 aromatic heterocycles. The van der Waals surface area contributed by atoms with Crippen molar-refractivity contribution >= 4 is 15.5 Å². The van der Waals surface area contributed by atoms with Crippen molar-refractivity contribution in [3.8, 4) is 0 Å². The fourth-order valence-corrected chi connectivity index (χ4v) is 3.38. The fourth-order valence-electron chi connectivity index (χ4n) is 2.05. The summed E-state index contributed by atoms with van der Waals surface area (Å²) < 4.78 is 24.7. The van der Waals surface area contributed by atoms with Crippen LogP contribution in [0.4, 0.5) is 5.69 Å². The largest absolute Gasteiger partial charge is 0.399 e. The van der Waals surface area contributed by atoms with Crippen LogP contribution in [0, 0.1) is 0 Å². The number of hydrogen-bond donors (Lipinski definition) is 1. The first-order chi connectivity index (χ1) is 9.38. The average Bonchev–Trinajstić information content (AvgIpc) is 2.38. The van der Waals surface area contributed by atoms with Crippen LogP contribution in [-0.2, 0) is 15.6 Å². The van der Waals surface area contributed by atoms with Crippen molar-refractivity contribution in [3.63, 3.8) is 0 Å². The van der Waals surface area contributed by atoms with E-state index in [1.807, 2.05) is 12.1 Å². The molecule has 2 aromatic rings. The zero-order valence-electron chi connectivity index (χ0n) is 11.7. The minimum absolute atomic E-state index is 0.0287. The third-order valence-corrected chi connectivity index (χ3v) is 4.92. The van der Waals surface area contributed by atoms with Crippen LogP contribution in [0.1, 0.15) is 30.9 Å². The SMILES string of the molecule is CC(C)c1ccc(S(=O)(=O)Cc2cccc(N)c2)cc1. The summed E-state index contributed by atoms with van der Waals surface area (Å²) in [4.78, 5) is 0.351. The highest BCUT2D eigenvalue weighted by molar-refractivity contribution is 7.90. The van der Waals surface area contributed by atoms with E-state index in [2.05, 4.69) is 13.8 Å². The average molecular weight is 289 g/mol. The lowest BCUT2D eigenvalue weighted by atomic mass is 10.0. The Hall–Kier alpha value is -1.81. The van der Waals surface area contributed by atoms with Gasteiger partial charge in [-0.05, 0) is 41.3 Å². The van der Waals surface area contributed by atoms with Gasteiger partial charge in [-0.25, -0.2) is 8.42 Å². The van der Waals surface area contributed by atoms with Crippen molar-refractivity contribution in [2.24, 2.45) is 0 Å². The van der Waals surface area contributed by atoms with Crippen LogP contribution in [0.15, 0.2) is 53.4 Å². The molecule has 0 saturated heterocycles. The summed E-state index contributed by atoms with van der Waals surface area (Å²) in [6.45, 7) is 4.16. The van der Waals surface area contributed by atoms with Gasteiger partial charge in [-0.15, -0.1) is 0 Å². The van der Waals surface area contributed by atoms with Crippen LogP contribution in [0.3, 0.4) is 0 Å². The van der Waals surface area contributed by atoms with Crippen molar-refractivity contribution < 1.29 is 8.42 Å². The number of nitrogen functional groups attached to an aromatic ring is 1. The van der Waals surface area contributed by atoms with Gasteiger partial charge < -0.3 is 5.73 Å². The Kier molecular flexibility index (Phi) is 4.14. The van der Waals surface area contributed by atoms with Gasteiger partial charge in [0.25, 0.3) is 0 Å². The molecular formula is C16H19NO2S. The van der Waals surface area contributed by atoms with E-state index in [-0.39, 0.29) is 5.75 Å². The molecule has 20 heavy (non-hydrogen) atoms. The molecule has 3 nitrogen and oxygen atoms in total. The molecule has 0 saturated carbocycles. The van der Waals surface area contributed by atoms with Gasteiger partial charge in [0.1, 0.15) is 0 Å². The third kappa shape index (κ3) is 3.39. The lowest BCUT2D eigenvalue weighted by molar-refractivity contribution is 0.595. The number of rotatable bonds is 4. The van der Waals surface area contributed by atoms with Gasteiger partial charge in [0, 0.05) is 5.69 Å². The van der Waals surface area contributed by atoms with Crippen LogP contribution in [0.25, 0.3) is 0 Å². The molecular weight excluding hydrogens is 270 g/mol. The molecule has 0 heterocycles. The molecule has 0 aliphatic rings. The number of hydrogen-bond acceptors (Lipinski definition) is 3. The summed E-state index contributed by atoms with van der Waals surface area (Å²) in [5, 5.41) is 0. The van der Waals surface area contributed by atoms with E-state index in [1.54, 1.807) is 36.4 Å². The topological polar surface area (TPSA) is 60.2 Å². The van der Waals surface area contributed by atoms with E-state index in [0.717, 1.165) is 5.56 Å². The number of nitrogens with two attached hydrogens (primary N) is 1. The second kappa shape index (κ2) is 5.67. The van der Waals surface area contributed by atoms with Gasteiger partial charge in [0.15, 0.2) is 9.84 Å². The minimum atomic E-state index is -3.33. The molecule has 106 valence electrons. The Labute approximate surface area is 120 Å². The van der Waals surface area contributed by atoms with Crippen molar-refractivity contribution in [1.29, 1.82) is 0 Å². The maximum atomic E-state index is 12.4. The van der Waals surface area contributed by atoms with Gasteiger partial charge >= 0.3 is 0 Å². The van der Waals surface area contributed by atoms with E-state index in [1.165, 1.54) is 0 Å². The van der Waals surface area contributed by atoms with Gasteiger partial charge in [-0.1, -0.05) is 38.1 Å². The van der Waals surface area contributed by atoms with Crippen LogP contribution in [0.2, 0.25) is 0 Å². The molecule has 2 rings (SSSR count). The molecule has 0 atom stereocenters. The Balaban J connectivity index is 2.26. The molecule has 0 bridgehead atoms. The summed E-state index contributed by atoms with van der Waals surface area (Å²) in [5.41, 5.74) is 8.09. The summed E-state index contributed by atoms with van der Waals surface area (Å²) in [6, 6.07) is 14.1. The first-order valence-corrected chi connectivity index (χ1v) is 8.21. The summed E-state index contributed by atoms with van der Waals surface area (Å²) in [6.07, 6.45) is 0. The molecule has 0 fully saturated rings. The second-order valence-corrected chi connectivity index (χ2v) is 7.22.